The molecule has 0 spiro atoms. The van der Waals surface area contributed by atoms with E-state index in [9.17, 15) is 4.79 Å². The molecule has 3 saturated heterocycles. The molecule has 0 saturated carbocycles. The molecule has 0 aromatic heterocycles. The molecule has 3 aliphatic rings. The highest BCUT2D eigenvalue weighted by molar-refractivity contribution is 5.94. The Morgan fingerprint density at radius 3 is 2.54 bits per heavy atom. The molecule has 3 fully saturated rings. The Labute approximate surface area is 165 Å². The van der Waals surface area contributed by atoms with Gasteiger partial charge >= 0.3 is 0 Å². The molecule has 1 amide bonds. The van der Waals surface area contributed by atoms with Gasteiger partial charge in [0.25, 0.3) is 5.91 Å². The van der Waals surface area contributed by atoms with E-state index >= 15 is 0 Å². The van der Waals surface area contributed by atoms with Crippen LogP contribution < -0.4 is 10.1 Å². The number of rotatable bonds is 6. The molecule has 3 aliphatic heterocycles. The number of piperazine rings is 3. The van der Waals surface area contributed by atoms with Crippen molar-refractivity contribution < 1.29 is 9.53 Å². The average molecular weight is 376 g/mol. The second-order valence-corrected chi connectivity index (χ2v) is 7.28. The highest BCUT2D eigenvalue weighted by Crippen LogP contribution is 2.17. The first-order valence-corrected chi connectivity index (χ1v) is 9.68. The SMILES string of the molecule is N#Cc1ccccc1COc1ccc(C(=O)NCC2CN3CCN2CC3)cc1. The van der Waals surface area contributed by atoms with E-state index in [2.05, 4.69) is 21.2 Å². The Bertz CT molecular complexity index is 867. The van der Waals surface area contributed by atoms with Gasteiger partial charge in [0.05, 0.1) is 11.6 Å². The maximum absolute atomic E-state index is 12.4. The van der Waals surface area contributed by atoms with Crippen LogP contribution in [-0.2, 0) is 6.61 Å². The number of hydrogen-bond acceptors (Lipinski definition) is 5. The van der Waals surface area contributed by atoms with Crippen molar-refractivity contribution in [3.63, 3.8) is 0 Å². The van der Waals surface area contributed by atoms with Crippen LogP contribution in [0.15, 0.2) is 48.5 Å². The summed E-state index contributed by atoms with van der Waals surface area (Å²) in [6, 6.07) is 17.1. The van der Waals surface area contributed by atoms with Gasteiger partial charge in [0.2, 0.25) is 0 Å². The number of ether oxygens (including phenoxy) is 1. The lowest BCUT2D eigenvalue weighted by molar-refractivity contribution is 0.0138. The van der Waals surface area contributed by atoms with Crippen molar-refractivity contribution in [3.05, 3.63) is 65.2 Å². The number of amides is 1. The number of nitriles is 1. The van der Waals surface area contributed by atoms with E-state index < -0.39 is 0 Å². The number of hydrogen-bond donors (Lipinski definition) is 1. The first-order chi connectivity index (χ1) is 13.7. The van der Waals surface area contributed by atoms with Crippen LogP contribution in [0.5, 0.6) is 5.75 Å². The minimum atomic E-state index is -0.0565. The summed E-state index contributed by atoms with van der Waals surface area (Å²) in [4.78, 5) is 17.4. The number of fused-ring (bicyclic) bond motifs is 3. The maximum atomic E-state index is 12.4. The van der Waals surface area contributed by atoms with E-state index in [0.717, 1.165) is 38.3 Å². The third kappa shape index (κ3) is 4.16. The first kappa shape index (κ1) is 18.5. The lowest BCUT2D eigenvalue weighted by atomic mass is 10.1. The van der Waals surface area contributed by atoms with Crippen molar-refractivity contribution in [1.29, 1.82) is 5.26 Å². The minimum absolute atomic E-state index is 0.0565. The van der Waals surface area contributed by atoms with E-state index in [1.807, 2.05) is 18.2 Å². The van der Waals surface area contributed by atoms with E-state index in [-0.39, 0.29) is 5.91 Å². The van der Waals surface area contributed by atoms with Gasteiger partial charge in [0, 0.05) is 56.4 Å². The van der Waals surface area contributed by atoms with Gasteiger partial charge in [-0.2, -0.15) is 5.26 Å². The molecular weight excluding hydrogens is 352 g/mol. The molecule has 3 heterocycles. The third-order valence-corrected chi connectivity index (χ3v) is 5.54. The molecule has 144 valence electrons. The molecule has 6 heteroatoms. The van der Waals surface area contributed by atoms with Gasteiger partial charge in [-0.25, -0.2) is 0 Å². The zero-order valence-electron chi connectivity index (χ0n) is 15.8. The zero-order chi connectivity index (χ0) is 19.3. The molecule has 28 heavy (non-hydrogen) atoms. The second-order valence-electron chi connectivity index (χ2n) is 7.28. The van der Waals surface area contributed by atoms with Gasteiger partial charge in [0.15, 0.2) is 0 Å². The normalized spacial score (nSPS) is 23.0. The number of carbonyl (C=O) groups is 1. The van der Waals surface area contributed by atoms with Crippen molar-refractivity contribution in [2.75, 3.05) is 39.3 Å². The quantitative estimate of drug-likeness (QED) is 0.834. The fraction of sp³-hybridized carbons (Fsp3) is 0.364. The summed E-state index contributed by atoms with van der Waals surface area (Å²) in [5.41, 5.74) is 2.09. The topological polar surface area (TPSA) is 68.6 Å². The van der Waals surface area contributed by atoms with E-state index in [4.69, 9.17) is 10.00 Å². The smallest absolute Gasteiger partial charge is 0.251 e. The lowest BCUT2D eigenvalue weighted by Gasteiger charge is -2.47. The fourth-order valence-corrected chi connectivity index (χ4v) is 3.85. The summed E-state index contributed by atoms with van der Waals surface area (Å²) in [7, 11) is 0. The molecule has 6 nitrogen and oxygen atoms in total. The second kappa shape index (κ2) is 8.42. The summed E-state index contributed by atoms with van der Waals surface area (Å²) >= 11 is 0. The Balaban J connectivity index is 1.29. The third-order valence-electron chi connectivity index (χ3n) is 5.54. The fourth-order valence-electron chi connectivity index (χ4n) is 3.85. The number of nitrogens with one attached hydrogen (secondary N) is 1. The van der Waals surface area contributed by atoms with Gasteiger partial charge in [-0.05, 0) is 30.3 Å². The molecular formula is C22H24N4O2. The molecule has 5 rings (SSSR count). The van der Waals surface area contributed by atoms with E-state index in [1.165, 1.54) is 0 Å². The van der Waals surface area contributed by atoms with Gasteiger partial charge in [-0.1, -0.05) is 18.2 Å². The van der Waals surface area contributed by atoms with Crippen LogP contribution in [0.1, 0.15) is 21.5 Å². The van der Waals surface area contributed by atoms with Crippen LogP contribution in [0, 0.1) is 11.3 Å². The number of carbonyl (C=O) groups excluding carboxylic acids is 1. The Kier molecular flexibility index (Phi) is 5.56. The van der Waals surface area contributed by atoms with Gasteiger partial charge < -0.3 is 10.1 Å². The standard InChI is InChI=1S/C22H24N4O2/c23-13-18-3-1-2-4-19(18)16-28-21-7-5-17(6-8-21)22(27)24-14-20-15-25-9-11-26(20)12-10-25/h1-8,20H,9-12,14-16H2,(H,24,27). The predicted molar refractivity (Wildman–Crippen MR) is 106 cm³/mol. The van der Waals surface area contributed by atoms with Gasteiger partial charge in [-0.3, -0.25) is 14.6 Å². The van der Waals surface area contributed by atoms with Crippen LogP contribution in [-0.4, -0.2) is 61.0 Å². The maximum Gasteiger partial charge on any atom is 0.251 e. The number of nitrogens with zero attached hydrogens (tertiary/aromatic N) is 3. The molecule has 2 aromatic carbocycles. The summed E-state index contributed by atoms with van der Waals surface area (Å²) in [6.45, 7) is 6.53. The van der Waals surface area contributed by atoms with Crippen LogP contribution in [0.4, 0.5) is 0 Å². The van der Waals surface area contributed by atoms with Crippen molar-refractivity contribution in [1.82, 2.24) is 15.1 Å². The number of benzene rings is 2. The summed E-state index contributed by atoms with van der Waals surface area (Å²) in [5, 5.41) is 12.2. The lowest BCUT2D eigenvalue weighted by Crippen LogP contribution is -2.63. The zero-order valence-corrected chi connectivity index (χ0v) is 15.8. The van der Waals surface area contributed by atoms with E-state index in [1.54, 1.807) is 30.3 Å². The monoisotopic (exact) mass is 376 g/mol. The Morgan fingerprint density at radius 1 is 1.11 bits per heavy atom. The van der Waals surface area contributed by atoms with Crippen LogP contribution >= 0.6 is 0 Å². The molecule has 1 N–H and O–H groups in total. The Morgan fingerprint density at radius 2 is 1.86 bits per heavy atom. The van der Waals surface area contributed by atoms with Crippen molar-refractivity contribution in [2.45, 2.75) is 12.6 Å². The molecule has 0 radical (unpaired) electrons. The van der Waals surface area contributed by atoms with Crippen molar-refractivity contribution in [3.8, 4) is 11.8 Å². The van der Waals surface area contributed by atoms with Crippen molar-refractivity contribution in [2.24, 2.45) is 0 Å². The average Bonchev–Trinajstić information content (AvgIpc) is 2.77. The molecule has 2 aromatic rings. The molecule has 2 bridgehead atoms. The summed E-state index contributed by atoms with van der Waals surface area (Å²) in [5.74, 6) is 0.617. The molecule has 1 atom stereocenters. The summed E-state index contributed by atoms with van der Waals surface area (Å²) in [6.07, 6.45) is 0. The predicted octanol–water partition coefficient (Wildman–Crippen LogP) is 1.87. The van der Waals surface area contributed by atoms with Gasteiger partial charge in [-0.15, -0.1) is 0 Å². The van der Waals surface area contributed by atoms with Crippen molar-refractivity contribution >= 4 is 5.91 Å². The van der Waals surface area contributed by atoms with Gasteiger partial charge in [0.1, 0.15) is 12.4 Å². The van der Waals surface area contributed by atoms with E-state index in [0.29, 0.717) is 36.1 Å². The largest absolute Gasteiger partial charge is 0.489 e. The minimum Gasteiger partial charge on any atom is -0.489 e. The van der Waals surface area contributed by atoms with Crippen LogP contribution in [0.25, 0.3) is 0 Å². The Hall–Kier alpha value is -2.88. The van der Waals surface area contributed by atoms with Crippen LogP contribution in [0.2, 0.25) is 0 Å². The molecule has 1 unspecified atom stereocenters. The highest BCUT2D eigenvalue weighted by Gasteiger charge is 2.31. The summed E-state index contributed by atoms with van der Waals surface area (Å²) < 4.78 is 5.76. The molecule has 0 aliphatic carbocycles. The highest BCUT2D eigenvalue weighted by atomic mass is 16.5. The van der Waals surface area contributed by atoms with Crippen LogP contribution in [0.3, 0.4) is 0 Å². The first-order valence-electron chi connectivity index (χ1n) is 9.68.